The fraction of sp³-hybridized carbons (Fsp3) is 0.391. The molecule has 0 unspecified atom stereocenters. The smallest absolute Gasteiger partial charge is 0.414 e. The molecule has 0 bridgehead atoms. The van der Waals surface area contributed by atoms with Crippen molar-refractivity contribution in [2.45, 2.75) is 39.4 Å². The second-order valence-electron chi connectivity index (χ2n) is 7.84. The molecule has 0 heterocycles. The minimum Gasteiger partial charge on any atom is -0.491 e. The molecule has 7 nitrogen and oxygen atoms in total. The Kier molecular flexibility index (Phi) is 8.66. The van der Waals surface area contributed by atoms with Gasteiger partial charge in [0.2, 0.25) is 0 Å². The van der Waals surface area contributed by atoms with Crippen molar-refractivity contribution in [3.05, 3.63) is 59.9 Å². The van der Waals surface area contributed by atoms with Gasteiger partial charge < -0.3 is 19.5 Å². The van der Waals surface area contributed by atoms with E-state index in [9.17, 15) is 14.0 Å². The van der Waals surface area contributed by atoms with E-state index in [0.717, 1.165) is 5.56 Å². The second kappa shape index (κ2) is 11.2. The Hall–Kier alpha value is -3.29. The molecule has 0 aliphatic rings. The molecular formula is C23H29FN2O5. The summed E-state index contributed by atoms with van der Waals surface area (Å²) >= 11 is 0. The summed E-state index contributed by atoms with van der Waals surface area (Å²) in [6.07, 6.45) is -0.639. The van der Waals surface area contributed by atoms with Crippen LogP contribution in [0.5, 0.6) is 5.75 Å². The number of nitrogens with one attached hydrogen (secondary N) is 1. The molecule has 8 heteroatoms. The Bertz CT molecular complexity index is 868. The zero-order chi connectivity index (χ0) is 22.9. The highest BCUT2D eigenvalue weighted by atomic mass is 19.1. The predicted molar refractivity (Wildman–Crippen MR) is 116 cm³/mol. The Morgan fingerprint density at radius 2 is 1.81 bits per heavy atom. The number of nitrogens with zero attached hydrogens (tertiary/aromatic N) is 1. The lowest BCUT2D eigenvalue weighted by molar-refractivity contribution is 0.0525. The van der Waals surface area contributed by atoms with Crippen LogP contribution in [0.3, 0.4) is 0 Å². The summed E-state index contributed by atoms with van der Waals surface area (Å²) in [7, 11) is 1.49. The van der Waals surface area contributed by atoms with E-state index in [-0.39, 0.29) is 18.9 Å². The van der Waals surface area contributed by atoms with Crippen molar-refractivity contribution in [3.8, 4) is 5.75 Å². The van der Waals surface area contributed by atoms with E-state index in [1.165, 1.54) is 30.1 Å². The van der Waals surface area contributed by atoms with Gasteiger partial charge >= 0.3 is 12.2 Å². The van der Waals surface area contributed by atoms with Crippen molar-refractivity contribution in [2.24, 2.45) is 0 Å². The third-order valence-corrected chi connectivity index (χ3v) is 4.01. The van der Waals surface area contributed by atoms with Crippen molar-refractivity contribution >= 4 is 17.9 Å². The summed E-state index contributed by atoms with van der Waals surface area (Å²) < 4.78 is 29.9. The van der Waals surface area contributed by atoms with Crippen molar-refractivity contribution in [3.63, 3.8) is 0 Å². The number of carbonyl (C=O) groups is 2. The number of hydrogen-bond acceptors (Lipinski definition) is 5. The lowest BCUT2D eigenvalue weighted by atomic mass is 10.2. The monoisotopic (exact) mass is 432 g/mol. The molecule has 0 aliphatic carbocycles. The Balaban J connectivity index is 1.87. The van der Waals surface area contributed by atoms with Gasteiger partial charge in [-0.05, 0) is 44.9 Å². The van der Waals surface area contributed by atoms with Crippen LogP contribution in [0.1, 0.15) is 32.8 Å². The molecule has 168 valence electrons. The van der Waals surface area contributed by atoms with Crippen LogP contribution in [0, 0.1) is 5.82 Å². The molecule has 1 N–H and O–H groups in total. The molecule has 0 aromatic heterocycles. The topological polar surface area (TPSA) is 77.1 Å². The minimum atomic E-state index is -0.633. The second-order valence-corrected chi connectivity index (χ2v) is 7.84. The van der Waals surface area contributed by atoms with Crippen molar-refractivity contribution in [2.75, 3.05) is 25.1 Å². The van der Waals surface area contributed by atoms with Crippen molar-refractivity contribution < 1.29 is 28.2 Å². The van der Waals surface area contributed by atoms with Gasteiger partial charge in [-0.25, -0.2) is 14.0 Å². The van der Waals surface area contributed by atoms with E-state index in [2.05, 4.69) is 5.32 Å². The lowest BCUT2D eigenvalue weighted by Gasteiger charge is -2.21. The first kappa shape index (κ1) is 24.0. The number of carbonyl (C=O) groups excluding carboxylic acids is 2. The zero-order valence-electron chi connectivity index (χ0n) is 18.3. The molecule has 2 amide bonds. The first-order valence-electron chi connectivity index (χ1n) is 9.99. The van der Waals surface area contributed by atoms with Gasteiger partial charge in [0.15, 0.2) is 0 Å². The predicted octanol–water partition coefficient (Wildman–Crippen LogP) is 4.89. The number of amides is 2. The van der Waals surface area contributed by atoms with Crippen LogP contribution < -0.4 is 15.0 Å². The first-order valence-corrected chi connectivity index (χ1v) is 9.99. The molecule has 31 heavy (non-hydrogen) atoms. The molecular weight excluding hydrogens is 403 g/mol. The Labute approximate surface area is 182 Å². The maximum Gasteiger partial charge on any atom is 0.414 e. The Morgan fingerprint density at radius 1 is 1.10 bits per heavy atom. The highest BCUT2D eigenvalue weighted by Gasteiger charge is 2.18. The van der Waals surface area contributed by atoms with Gasteiger partial charge in [0.05, 0.1) is 12.3 Å². The van der Waals surface area contributed by atoms with Crippen LogP contribution in [-0.4, -0.2) is 38.0 Å². The van der Waals surface area contributed by atoms with E-state index in [4.69, 9.17) is 14.2 Å². The molecule has 0 spiro atoms. The number of halogens is 1. The summed E-state index contributed by atoms with van der Waals surface area (Å²) in [5, 5.41) is 2.64. The van der Waals surface area contributed by atoms with Crippen LogP contribution in [0.15, 0.2) is 48.5 Å². The van der Waals surface area contributed by atoms with Gasteiger partial charge in [-0.15, -0.1) is 0 Å². The zero-order valence-corrected chi connectivity index (χ0v) is 18.3. The standard InChI is InChI=1S/C23H29FN2O5/c1-23(2,3)31-21(27)25-13-8-14-29-20-12-11-18(24)15-19(20)26(4)22(28)30-16-17-9-6-5-7-10-17/h5-7,9-12,15H,8,13-14,16H2,1-4H3,(H,25,27). The first-order chi connectivity index (χ1) is 14.7. The Morgan fingerprint density at radius 3 is 2.48 bits per heavy atom. The van der Waals surface area contributed by atoms with Gasteiger partial charge in [-0.1, -0.05) is 30.3 Å². The third kappa shape index (κ3) is 8.54. The summed E-state index contributed by atoms with van der Waals surface area (Å²) in [5.41, 5.74) is 0.527. The van der Waals surface area contributed by atoms with Gasteiger partial charge in [-0.3, -0.25) is 4.90 Å². The largest absolute Gasteiger partial charge is 0.491 e. The number of rotatable bonds is 8. The van der Waals surface area contributed by atoms with Crippen LogP contribution in [0.2, 0.25) is 0 Å². The fourth-order valence-corrected chi connectivity index (χ4v) is 2.55. The number of ether oxygens (including phenoxy) is 3. The van der Waals surface area contributed by atoms with Crippen molar-refractivity contribution in [1.29, 1.82) is 0 Å². The van der Waals surface area contributed by atoms with Crippen LogP contribution in [-0.2, 0) is 16.1 Å². The average molecular weight is 432 g/mol. The maximum absolute atomic E-state index is 13.8. The summed E-state index contributed by atoms with van der Waals surface area (Å²) in [4.78, 5) is 25.2. The van der Waals surface area contributed by atoms with Gasteiger partial charge in [0, 0.05) is 19.7 Å². The average Bonchev–Trinajstić information content (AvgIpc) is 2.71. The molecule has 2 aromatic rings. The van der Waals surface area contributed by atoms with Crippen molar-refractivity contribution in [1.82, 2.24) is 5.32 Å². The number of anilines is 1. The van der Waals surface area contributed by atoms with Crippen LogP contribution in [0.25, 0.3) is 0 Å². The van der Waals surface area contributed by atoms with Crippen LogP contribution in [0.4, 0.5) is 19.7 Å². The van der Waals surface area contributed by atoms with E-state index >= 15 is 0 Å². The molecule has 0 atom stereocenters. The summed E-state index contributed by atoms with van der Waals surface area (Å²) in [5.74, 6) is -0.172. The molecule has 2 aromatic carbocycles. The quantitative estimate of drug-likeness (QED) is 0.601. The van der Waals surface area contributed by atoms with Gasteiger partial charge in [0.25, 0.3) is 0 Å². The number of benzene rings is 2. The lowest BCUT2D eigenvalue weighted by Crippen LogP contribution is -2.33. The normalized spacial score (nSPS) is 10.9. The molecule has 0 radical (unpaired) electrons. The van der Waals surface area contributed by atoms with E-state index in [1.54, 1.807) is 20.8 Å². The molecule has 0 saturated heterocycles. The SMILES string of the molecule is CN(C(=O)OCc1ccccc1)c1cc(F)ccc1OCCCNC(=O)OC(C)(C)C. The van der Waals surface area contributed by atoms with E-state index < -0.39 is 23.6 Å². The van der Waals surface area contributed by atoms with Gasteiger partial charge in [0.1, 0.15) is 23.8 Å². The fourth-order valence-electron chi connectivity index (χ4n) is 2.55. The highest BCUT2D eigenvalue weighted by molar-refractivity contribution is 5.89. The molecule has 0 aliphatic heterocycles. The summed E-state index contributed by atoms with van der Waals surface area (Å²) in [6.45, 7) is 6.06. The number of hydrogen-bond donors (Lipinski definition) is 1. The highest BCUT2D eigenvalue weighted by Crippen LogP contribution is 2.29. The molecule has 0 fully saturated rings. The van der Waals surface area contributed by atoms with E-state index in [0.29, 0.717) is 18.7 Å². The molecule has 0 saturated carbocycles. The van der Waals surface area contributed by atoms with Crippen LogP contribution >= 0.6 is 0 Å². The van der Waals surface area contributed by atoms with E-state index in [1.807, 2.05) is 30.3 Å². The minimum absolute atomic E-state index is 0.103. The maximum atomic E-state index is 13.8. The number of alkyl carbamates (subject to hydrolysis) is 1. The third-order valence-electron chi connectivity index (χ3n) is 4.01. The van der Waals surface area contributed by atoms with Gasteiger partial charge in [-0.2, -0.15) is 0 Å². The molecule has 2 rings (SSSR count). The summed E-state index contributed by atoms with van der Waals surface area (Å²) in [6, 6.07) is 13.2.